The summed E-state index contributed by atoms with van der Waals surface area (Å²) in [6.07, 6.45) is 6.24. The summed E-state index contributed by atoms with van der Waals surface area (Å²) in [4.78, 5) is 21.1. The molecule has 172 valence electrons. The first-order valence-electron chi connectivity index (χ1n) is 10.7. The molecular weight excluding hydrogens is 425 g/mol. The van der Waals surface area contributed by atoms with E-state index in [0.29, 0.717) is 28.4 Å². The van der Waals surface area contributed by atoms with Crippen LogP contribution in [0.25, 0.3) is 16.9 Å². The van der Waals surface area contributed by atoms with Crippen molar-refractivity contribution >= 4 is 29.3 Å². The smallest absolute Gasteiger partial charge is 0.254 e. The lowest BCUT2D eigenvalue weighted by Gasteiger charge is -2.19. The van der Waals surface area contributed by atoms with E-state index in [1.807, 2.05) is 0 Å². The van der Waals surface area contributed by atoms with Gasteiger partial charge in [-0.1, -0.05) is 6.07 Å². The Balaban J connectivity index is 1.75. The molecule has 1 aliphatic rings. The number of aromatic nitrogens is 3. The van der Waals surface area contributed by atoms with Gasteiger partial charge in [-0.15, -0.1) is 0 Å². The fraction of sp³-hybridized carbons (Fsp3) is 0.348. The third-order valence-corrected chi connectivity index (χ3v) is 5.22. The van der Waals surface area contributed by atoms with E-state index < -0.39 is 17.3 Å². The van der Waals surface area contributed by atoms with Gasteiger partial charge < -0.3 is 26.6 Å². The lowest BCUT2D eigenvalue weighted by Crippen LogP contribution is -2.30. The fourth-order valence-corrected chi connectivity index (χ4v) is 3.32. The Labute approximate surface area is 190 Å². The number of rotatable bonds is 9. The zero-order chi connectivity index (χ0) is 23.8. The number of amides is 1. The Morgan fingerprint density at radius 1 is 1.39 bits per heavy atom. The van der Waals surface area contributed by atoms with Crippen molar-refractivity contribution in [3.63, 3.8) is 0 Å². The van der Waals surface area contributed by atoms with Crippen molar-refractivity contribution in [1.82, 2.24) is 19.7 Å². The standard InChI is InChI=1S/C23H26FN7O2/c1-23(2,33)12-28-20-21-27-10-19(31(21)11-18(30-20)17(26)7-8-25)13-3-6-15(16(24)9-13)22(32)29-14-4-5-14/h3,6,8-11,14,25-26,33H,4-5,7,12H2,1-2H3,(H,28,30)(H,29,32). The van der Waals surface area contributed by atoms with E-state index >= 15 is 0 Å². The van der Waals surface area contributed by atoms with Crippen LogP contribution in [0.5, 0.6) is 0 Å². The van der Waals surface area contributed by atoms with Crippen LogP contribution in [0.1, 0.15) is 49.2 Å². The van der Waals surface area contributed by atoms with Crippen LogP contribution in [-0.4, -0.2) is 55.5 Å². The third-order valence-electron chi connectivity index (χ3n) is 5.22. The highest BCUT2D eigenvalue weighted by Gasteiger charge is 2.25. The molecule has 5 N–H and O–H groups in total. The van der Waals surface area contributed by atoms with Crippen molar-refractivity contribution in [2.45, 2.75) is 44.8 Å². The molecule has 0 atom stereocenters. The summed E-state index contributed by atoms with van der Waals surface area (Å²) in [5.41, 5.74) is 0.939. The summed E-state index contributed by atoms with van der Waals surface area (Å²) in [5.74, 6) is -0.701. The molecule has 1 aliphatic carbocycles. The first kappa shape index (κ1) is 22.5. The molecule has 0 unspecified atom stereocenters. The van der Waals surface area contributed by atoms with Crippen molar-refractivity contribution < 1.29 is 14.3 Å². The Morgan fingerprint density at radius 3 is 2.79 bits per heavy atom. The van der Waals surface area contributed by atoms with Crippen LogP contribution in [0.4, 0.5) is 10.2 Å². The molecule has 10 heteroatoms. The summed E-state index contributed by atoms with van der Waals surface area (Å²) in [6, 6.07) is 4.53. The number of carbonyl (C=O) groups is 1. The molecule has 1 saturated carbocycles. The first-order valence-corrected chi connectivity index (χ1v) is 10.7. The molecule has 3 aromatic rings. The number of anilines is 1. The predicted octanol–water partition coefficient (Wildman–Crippen LogP) is 3.02. The van der Waals surface area contributed by atoms with Gasteiger partial charge in [0.05, 0.1) is 28.8 Å². The molecule has 1 fully saturated rings. The van der Waals surface area contributed by atoms with Gasteiger partial charge in [0, 0.05) is 37.0 Å². The summed E-state index contributed by atoms with van der Waals surface area (Å²) in [6.45, 7) is 3.50. The van der Waals surface area contributed by atoms with E-state index in [2.05, 4.69) is 20.6 Å². The summed E-state index contributed by atoms with van der Waals surface area (Å²) < 4.78 is 16.5. The van der Waals surface area contributed by atoms with Gasteiger partial charge in [-0.3, -0.25) is 9.20 Å². The van der Waals surface area contributed by atoms with Gasteiger partial charge in [0.25, 0.3) is 5.91 Å². The van der Waals surface area contributed by atoms with Crippen LogP contribution >= 0.6 is 0 Å². The van der Waals surface area contributed by atoms with Crippen molar-refractivity contribution in [1.29, 1.82) is 10.8 Å². The highest BCUT2D eigenvalue weighted by molar-refractivity contribution is 6.04. The largest absolute Gasteiger partial charge is 0.389 e. The number of hydrogen-bond acceptors (Lipinski definition) is 7. The second-order valence-corrected chi connectivity index (χ2v) is 8.81. The molecule has 9 nitrogen and oxygen atoms in total. The number of benzene rings is 1. The Kier molecular flexibility index (Phi) is 5.94. The van der Waals surface area contributed by atoms with Crippen LogP contribution < -0.4 is 10.6 Å². The molecule has 0 saturated heterocycles. The number of carbonyl (C=O) groups excluding carboxylic acids is 1. The van der Waals surface area contributed by atoms with Crippen molar-refractivity contribution in [3.05, 3.63) is 47.7 Å². The second kappa shape index (κ2) is 8.70. The summed E-state index contributed by atoms with van der Waals surface area (Å²) in [7, 11) is 0. The van der Waals surface area contributed by atoms with Gasteiger partial charge in [-0.25, -0.2) is 14.4 Å². The maximum absolute atomic E-state index is 14.8. The normalized spacial score (nSPS) is 13.7. The maximum atomic E-state index is 14.8. The van der Waals surface area contributed by atoms with Gasteiger partial charge in [0.1, 0.15) is 11.5 Å². The summed E-state index contributed by atoms with van der Waals surface area (Å²) >= 11 is 0. The third kappa shape index (κ3) is 5.06. The van der Waals surface area contributed by atoms with Crippen LogP contribution in [0.2, 0.25) is 0 Å². The topological polar surface area (TPSA) is 139 Å². The van der Waals surface area contributed by atoms with Crippen LogP contribution in [0, 0.1) is 16.6 Å². The number of fused-ring (bicyclic) bond motifs is 1. The first-order chi connectivity index (χ1) is 15.7. The molecule has 2 heterocycles. The Hall–Kier alpha value is -3.66. The van der Waals surface area contributed by atoms with E-state index in [0.717, 1.165) is 19.1 Å². The fourth-order valence-electron chi connectivity index (χ4n) is 3.32. The van der Waals surface area contributed by atoms with E-state index in [1.165, 1.54) is 12.1 Å². The quantitative estimate of drug-likeness (QED) is 0.318. The Bertz CT molecular complexity index is 1240. The van der Waals surface area contributed by atoms with Gasteiger partial charge in [0.2, 0.25) is 0 Å². The monoisotopic (exact) mass is 451 g/mol. The van der Waals surface area contributed by atoms with Crippen molar-refractivity contribution in [2.75, 3.05) is 11.9 Å². The maximum Gasteiger partial charge on any atom is 0.254 e. The molecule has 1 amide bonds. The van der Waals surface area contributed by atoms with Crippen molar-refractivity contribution in [3.8, 4) is 11.3 Å². The molecule has 4 rings (SSSR count). The molecular formula is C23H26FN7O2. The Morgan fingerprint density at radius 2 is 2.15 bits per heavy atom. The highest BCUT2D eigenvalue weighted by Crippen LogP contribution is 2.27. The van der Waals surface area contributed by atoms with E-state index in [4.69, 9.17) is 10.8 Å². The van der Waals surface area contributed by atoms with Crippen LogP contribution in [0.15, 0.2) is 30.6 Å². The van der Waals surface area contributed by atoms with Gasteiger partial charge in [0.15, 0.2) is 11.5 Å². The molecule has 33 heavy (non-hydrogen) atoms. The highest BCUT2D eigenvalue weighted by atomic mass is 19.1. The SMILES string of the molecule is CC(C)(O)CNc1nc(C(=N)CC=N)cn2c(-c3ccc(C(=O)NC4CC4)c(F)c3)cnc12. The van der Waals surface area contributed by atoms with Crippen molar-refractivity contribution in [2.24, 2.45) is 0 Å². The number of aliphatic hydroxyl groups is 1. The zero-order valence-corrected chi connectivity index (χ0v) is 18.4. The molecule has 0 aliphatic heterocycles. The molecule has 0 bridgehead atoms. The predicted molar refractivity (Wildman–Crippen MR) is 124 cm³/mol. The van der Waals surface area contributed by atoms with E-state index in [-0.39, 0.29) is 30.3 Å². The number of hydrogen-bond donors (Lipinski definition) is 5. The van der Waals surface area contributed by atoms with E-state index in [9.17, 15) is 14.3 Å². The average molecular weight is 452 g/mol. The number of nitrogens with one attached hydrogen (secondary N) is 4. The van der Waals surface area contributed by atoms with Gasteiger partial charge in [-0.2, -0.15) is 0 Å². The second-order valence-electron chi connectivity index (χ2n) is 8.81. The van der Waals surface area contributed by atoms with Gasteiger partial charge >= 0.3 is 0 Å². The molecule has 0 radical (unpaired) electrons. The molecule has 0 spiro atoms. The average Bonchev–Trinajstić information content (AvgIpc) is 3.46. The lowest BCUT2D eigenvalue weighted by atomic mass is 10.1. The number of imidazole rings is 1. The van der Waals surface area contributed by atoms with Crippen LogP contribution in [-0.2, 0) is 0 Å². The lowest BCUT2D eigenvalue weighted by molar-refractivity contribution is 0.0938. The minimum absolute atomic E-state index is 0.0119. The zero-order valence-electron chi connectivity index (χ0n) is 18.4. The molecule has 2 aromatic heterocycles. The summed E-state index contributed by atoms with van der Waals surface area (Å²) in [5, 5.41) is 31.5. The number of halogens is 1. The minimum atomic E-state index is -1.01. The molecule has 1 aromatic carbocycles. The minimum Gasteiger partial charge on any atom is -0.389 e. The van der Waals surface area contributed by atoms with Crippen LogP contribution in [0.3, 0.4) is 0 Å². The number of nitrogens with zero attached hydrogens (tertiary/aromatic N) is 3. The van der Waals surface area contributed by atoms with Gasteiger partial charge in [-0.05, 0) is 38.8 Å². The van der Waals surface area contributed by atoms with E-state index in [1.54, 1.807) is 36.7 Å².